The molecule has 0 bridgehead atoms. The van der Waals surface area contributed by atoms with Crippen molar-refractivity contribution in [3.8, 4) is 0 Å². The summed E-state index contributed by atoms with van der Waals surface area (Å²) in [5, 5.41) is 20.8. The maximum absolute atomic E-state index is 12.0. The highest BCUT2D eigenvalue weighted by atomic mass is 35.5. The van der Waals surface area contributed by atoms with E-state index in [1.54, 1.807) is 27.4 Å². The zero-order chi connectivity index (χ0) is 80.9. The van der Waals surface area contributed by atoms with Crippen LogP contribution in [0.2, 0.25) is 0 Å². The molecule has 6 aliphatic rings. The van der Waals surface area contributed by atoms with Gasteiger partial charge in [-0.15, -0.1) is 24.8 Å². The van der Waals surface area contributed by atoms with Crippen LogP contribution in [-0.2, 0) is 106 Å². The fourth-order valence-corrected chi connectivity index (χ4v) is 17.5. The number of carboxylic acid groups (broad SMARTS) is 1. The predicted octanol–water partition coefficient (Wildman–Crippen LogP) is 13.8. The zero-order valence-corrected chi connectivity index (χ0v) is 68.6. The van der Waals surface area contributed by atoms with Crippen molar-refractivity contribution >= 4 is 113 Å². The predicted molar refractivity (Wildman–Crippen MR) is 443 cm³/mol. The highest BCUT2D eigenvalue weighted by Gasteiger charge is 2.45. The molecule has 1 aliphatic heterocycles. The molecule has 618 valence electrons. The summed E-state index contributed by atoms with van der Waals surface area (Å²) >= 11 is 0. The lowest BCUT2D eigenvalue weighted by Crippen LogP contribution is -2.34. The molecule has 0 saturated heterocycles. The molecular weight excluding hydrogens is 1520 g/mol. The van der Waals surface area contributed by atoms with E-state index < -0.39 is 31.2 Å². The molecule has 114 heavy (non-hydrogen) atoms. The van der Waals surface area contributed by atoms with Gasteiger partial charge in [0.1, 0.15) is 78.4 Å². The second-order valence-corrected chi connectivity index (χ2v) is 31.7. The van der Waals surface area contributed by atoms with Crippen molar-refractivity contribution in [2.75, 3.05) is 48.0 Å². The number of hydrogen-bond donors (Lipinski definition) is 3. The second-order valence-electron chi connectivity index (χ2n) is 28.3. The number of ether oxygens (including phenoxy) is 8. The number of carbonyl (C=O) groups excluding carboxylic acids is 9. The van der Waals surface area contributed by atoms with Crippen molar-refractivity contribution in [3.05, 3.63) is 211 Å². The average molecular weight is 1630 g/mol. The molecule has 5 fully saturated rings. The van der Waals surface area contributed by atoms with Crippen LogP contribution in [0, 0.1) is 41.4 Å². The molecule has 1 heterocycles. The average Bonchev–Trinajstić information content (AvgIpc) is 0.858. The summed E-state index contributed by atoms with van der Waals surface area (Å²) in [6.07, 6.45) is 18.0. The number of benzene rings is 6. The Morgan fingerprint density at radius 3 is 1.18 bits per heavy atom. The van der Waals surface area contributed by atoms with Crippen molar-refractivity contribution < 1.29 is 96.1 Å². The van der Waals surface area contributed by atoms with E-state index in [1.807, 2.05) is 91.0 Å². The number of methoxy groups -OCH3 is 4. The Balaban J connectivity index is 0.000000284. The van der Waals surface area contributed by atoms with Crippen molar-refractivity contribution in [3.63, 3.8) is 0 Å². The first-order chi connectivity index (χ1) is 54.2. The van der Waals surface area contributed by atoms with Crippen LogP contribution in [0.3, 0.4) is 0 Å². The first-order valence-corrected chi connectivity index (χ1v) is 40.5. The van der Waals surface area contributed by atoms with E-state index in [2.05, 4.69) is 105 Å². The molecule has 4 N–H and O–H groups in total. The van der Waals surface area contributed by atoms with Crippen LogP contribution in [0.25, 0.3) is 0 Å². The first-order valence-electron chi connectivity index (χ1n) is 38.5. The van der Waals surface area contributed by atoms with E-state index in [1.165, 1.54) is 35.7 Å². The fourth-order valence-electron chi connectivity index (χ4n) is 13.7. The molecule has 12 rings (SSSR count). The summed E-state index contributed by atoms with van der Waals surface area (Å²) in [6, 6.07) is 60.5. The summed E-state index contributed by atoms with van der Waals surface area (Å²) in [6.45, 7) is 2.57. The Morgan fingerprint density at radius 2 is 0.860 bits per heavy atom. The highest BCUT2D eigenvalue weighted by molar-refractivity contribution is 7.95. The topological polar surface area (TPSA) is 323 Å². The standard InChI is InChI=1S/C20H20OP.C16H20O3.C15H18O3.C14H16O3.C13H19NO4.C7H10O3.C4H9NO3.2ClH/c1-21-17-22(18-11-5-2-6-12-18,19-13-7-3-8-14-19)20-15-9-4-10-16-20;1-18-11-14-7-9-15(10-8-14)16(17)19-12-13-5-3-2-4-6-13;16-10-12-6-8-14(9-7-12)15(17)18-11-13-4-2-1-3-5-13;15-13-8-6-12(7-9-13)14(16)17-10-11-4-2-1-3-5-11;1-8(15)9-3-5-10(6-4-9)12-14-11(7-18-12)13(16)17-2;8-6-3-1-5(2-4-6)7(9)10;1-8-4(7)3(5)2-6;;/h2-16H,17H2,1H3;2-6,11,15H,7-10,12H2,1H3;1-5,10,12,14H,6-9,11H2;1-5,12H,6-10H2;9-10,12H,3-7H2,1-2H3;5H,1-4H2,(H,9,10);3,6H,2,5H2,1H3;2*1H/q+1;;;;;;;;/t;;;;;;3-;;/m......1../s1. The maximum Gasteiger partial charge on any atom is 0.354 e. The van der Waals surface area contributed by atoms with Gasteiger partial charge in [-0.2, -0.15) is 0 Å². The molecule has 0 radical (unpaired) electrons. The number of carboxylic acids is 1. The number of halogens is 2. The van der Waals surface area contributed by atoms with E-state index in [4.69, 9.17) is 44.4 Å². The Morgan fingerprint density at radius 1 is 0.500 bits per heavy atom. The summed E-state index contributed by atoms with van der Waals surface area (Å²) in [7, 11) is 4.24. The SMILES string of the molecule is COC(=O)C1=NC(C2CCC(C(C)=O)CC2)OC1.COC(=O)[C@H](N)CO.COC=C1CCC(C(=O)OCc2ccccc2)CC1.COC[P+](c1ccccc1)(c1ccccc1)c1ccccc1.Cl.Cl.O=C1CCC(C(=O)O)CC1.O=C1CCC(C(=O)OCc2ccccc2)CC1.O=CC1CCC(C(=O)OCc2ccccc2)CC1. The molecule has 6 aromatic rings. The van der Waals surface area contributed by atoms with Gasteiger partial charge in [-0.05, 0) is 168 Å². The minimum Gasteiger partial charge on any atom is -0.504 e. The van der Waals surface area contributed by atoms with Crippen LogP contribution in [0.15, 0.2) is 199 Å². The minimum atomic E-state index is -1.78. The molecular formula is C89H114Cl2N2O20P+. The summed E-state index contributed by atoms with van der Waals surface area (Å²) in [5.41, 5.74) is 9.69. The van der Waals surface area contributed by atoms with Gasteiger partial charge in [-0.1, -0.05) is 146 Å². The molecule has 0 spiro atoms. The first kappa shape index (κ1) is 97.2. The monoisotopic (exact) mass is 1630 g/mol. The maximum atomic E-state index is 12.0. The number of aliphatic hydroxyl groups is 1. The van der Waals surface area contributed by atoms with Crippen molar-refractivity contribution in [2.45, 2.75) is 167 Å². The van der Waals surface area contributed by atoms with Gasteiger partial charge < -0.3 is 58.6 Å². The van der Waals surface area contributed by atoms with Crippen LogP contribution in [-0.4, -0.2) is 136 Å². The number of hydrogen-bond acceptors (Lipinski definition) is 21. The zero-order valence-electron chi connectivity index (χ0n) is 66.1. The van der Waals surface area contributed by atoms with Crippen molar-refractivity contribution in [1.29, 1.82) is 0 Å². The molecule has 2 atom stereocenters. The Bertz CT molecular complexity index is 3780. The lowest BCUT2D eigenvalue weighted by molar-refractivity contribution is -0.152. The summed E-state index contributed by atoms with van der Waals surface area (Å²) in [4.78, 5) is 115. The van der Waals surface area contributed by atoms with Crippen molar-refractivity contribution in [1.82, 2.24) is 0 Å². The second kappa shape index (κ2) is 54.6. The molecule has 22 nitrogen and oxygen atoms in total. The minimum absolute atomic E-state index is 0. The number of aliphatic carboxylic acids is 1. The van der Waals surface area contributed by atoms with Crippen LogP contribution in [0.5, 0.6) is 0 Å². The summed E-state index contributed by atoms with van der Waals surface area (Å²) in [5.74, 6) is -1.04. The van der Waals surface area contributed by atoms with E-state index in [9.17, 15) is 47.9 Å². The van der Waals surface area contributed by atoms with E-state index in [-0.39, 0.29) is 115 Å². The van der Waals surface area contributed by atoms with Gasteiger partial charge in [0, 0.05) is 50.5 Å². The molecule has 5 aliphatic carbocycles. The van der Waals surface area contributed by atoms with Gasteiger partial charge in [0.2, 0.25) is 0 Å². The molecule has 1 unspecified atom stereocenters. The molecule has 0 amide bonds. The molecule has 25 heteroatoms. The third-order valence-electron chi connectivity index (χ3n) is 20.4. The van der Waals surface area contributed by atoms with Gasteiger partial charge >= 0.3 is 35.8 Å². The van der Waals surface area contributed by atoms with Crippen LogP contribution >= 0.6 is 32.1 Å². The lowest BCUT2D eigenvalue weighted by Gasteiger charge is -2.29. The number of carbonyl (C=O) groups is 10. The van der Waals surface area contributed by atoms with Crippen molar-refractivity contribution in [2.24, 2.45) is 52.2 Å². The number of Topliss-reactive ketones (excluding diaryl/α,β-unsaturated/α-hetero) is 3. The Hall–Kier alpha value is -9.12. The van der Waals surface area contributed by atoms with Gasteiger partial charge in [0.15, 0.2) is 12.6 Å². The molecule has 6 aromatic carbocycles. The third kappa shape index (κ3) is 33.7. The number of allylic oxidation sites excluding steroid dienone is 1. The quantitative estimate of drug-likeness (QED) is 0.0187. The highest BCUT2D eigenvalue weighted by Crippen LogP contribution is 2.55. The van der Waals surface area contributed by atoms with Gasteiger partial charge in [-0.25, -0.2) is 9.79 Å². The van der Waals surface area contributed by atoms with Crippen LogP contribution < -0.4 is 21.6 Å². The number of nitrogens with zero attached hydrogens (tertiary/aromatic N) is 1. The fraction of sp³-hybridized carbons (Fsp3) is 0.449. The smallest absolute Gasteiger partial charge is 0.354 e. The normalized spacial score (nSPS) is 19.3. The van der Waals surface area contributed by atoms with Crippen LogP contribution in [0.4, 0.5) is 0 Å². The van der Waals surface area contributed by atoms with E-state index in [0.717, 1.165) is 100 Å². The number of esters is 5. The summed E-state index contributed by atoms with van der Waals surface area (Å²) < 4.78 is 41.0. The Kier molecular flexibility index (Phi) is 46.6. The van der Waals surface area contributed by atoms with E-state index >= 15 is 0 Å². The van der Waals surface area contributed by atoms with Gasteiger partial charge in [0.25, 0.3) is 0 Å². The number of ketones is 3. The molecule has 5 saturated carbocycles. The molecule has 0 aromatic heterocycles. The number of aliphatic hydroxyl groups excluding tert-OH is 1. The largest absolute Gasteiger partial charge is 0.504 e. The van der Waals surface area contributed by atoms with Gasteiger partial charge in [0.05, 0.1) is 64.5 Å². The Labute approximate surface area is 683 Å². The van der Waals surface area contributed by atoms with E-state index in [0.29, 0.717) is 89.2 Å². The number of rotatable bonds is 22. The van der Waals surface area contributed by atoms with Gasteiger partial charge in [-0.3, -0.25) is 38.4 Å². The van der Waals surface area contributed by atoms with Crippen LogP contribution in [0.1, 0.15) is 152 Å². The number of aliphatic imine (C=N–C) groups is 1. The number of nitrogens with two attached hydrogens (primary N) is 1. The number of aldehydes is 1. The lowest BCUT2D eigenvalue weighted by atomic mass is 9.79. The third-order valence-corrected chi connectivity index (χ3v) is 24.6.